The molecule has 28 heavy (non-hydrogen) atoms. The highest BCUT2D eigenvalue weighted by Crippen LogP contribution is 2.25. The Hall–Kier alpha value is -3.44. The van der Waals surface area contributed by atoms with Gasteiger partial charge in [-0.25, -0.2) is 5.10 Å². The molecule has 0 saturated carbocycles. The Labute approximate surface area is 162 Å². The van der Waals surface area contributed by atoms with Crippen molar-refractivity contribution in [2.75, 3.05) is 11.9 Å². The van der Waals surface area contributed by atoms with Crippen molar-refractivity contribution in [2.45, 2.75) is 12.5 Å². The van der Waals surface area contributed by atoms with Gasteiger partial charge in [0.25, 0.3) is 5.56 Å². The third-order valence-corrected chi connectivity index (χ3v) is 4.71. The van der Waals surface area contributed by atoms with Gasteiger partial charge >= 0.3 is 0 Å². The molecule has 3 N–H and O–H groups in total. The fourth-order valence-electron chi connectivity index (χ4n) is 3.27. The zero-order valence-electron chi connectivity index (χ0n) is 15.3. The summed E-state index contributed by atoms with van der Waals surface area (Å²) in [6.07, 6.45) is 0.144. The number of nitrogens with one attached hydrogen (secondary N) is 2. The minimum atomic E-state index is -0.466. The average molecular weight is 371 g/mol. The van der Waals surface area contributed by atoms with Crippen LogP contribution in [0.2, 0.25) is 0 Å². The molecule has 0 bridgehead atoms. The lowest BCUT2D eigenvalue weighted by atomic mass is 10.0. The average Bonchev–Trinajstić information content (AvgIpc) is 2.74. The Morgan fingerprint density at radius 1 is 0.893 bits per heavy atom. The molecule has 0 radical (unpaired) electrons. The molecule has 1 aromatic heterocycles. The van der Waals surface area contributed by atoms with Gasteiger partial charge in [0.1, 0.15) is 0 Å². The summed E-state index contributed by atoms with van der Waals surface area (Å²) < 4.78 is 0. The van der Waals surface area contributed by atoms with Crippen molar-refractivity contribution in [1.82, 2.24) is 10.2 Å². The number of anilines is 1. The molecule has 1 heterocycles. The minimum absolute atomic E-state index is 0.190. The van der Waals surface area contributed by atoms with E-state index in [1.807, 2.05) is 72.8 Å². The first-order valence-corrected chi connectivity index (χ1v) is 9.24. The molecular weight excluding hydrogens is 350 g/mol. The number of nitrogens with zero attached hydrogens (tertiary/aromatic N) is 1. The van der Waals surface area contributed by atoms with Gasteiger partial charge in [-0.05, 0) is 23.8 Å². The predicted molar refractivity (Wildman–Crippen MR) is 112 cm³/mol. The highest BCUT2D eigenvalue weighted by atomic mass is 16.3. The molecule has 140 valence electrons. The normalized spacial score (nSPS) is 12.0. The molecule has 1 atom stereocenters. The monoisotopic (exact) mass is 371 g/mol. The van der Waals surface area contributed by atoms with E-state index in [1.54, 1.807) is 6.07 Å². The van der Waals surface area contributed by atoms with E-state index in [0.717, 1.165) is 27.9 Å². The first kappa shape index (κ1) is 17.9. The van der Waals surface area contributed by atoms with Crippen LogP contribution in [0.25, 0.3) is 22.0 Å². The van der Waals surface area contributed by atoms with Crippen LogP contribution < -0.4 is 10.9 Å². The second-order valence-corrected chi connectivity index (χ2v) is 6.75. The van der Waals surface area contributed by atoms with E-state index >= 15 is 0 Å². The second kappa shape index (κ2) is 8.06. The van der Waals surface area contributed by atoms with Crippen LogP contribution in [0.1, 0.15) is 5.56 Å². The van der Waals surface area contributed by atoms with Gasteiger partial charge in [-0.3, -0.25) is 4.79 Å². The number of H-pyrrole nitrogens is 1. The van der Waals surface area contributed by atoms with E-state index in [2.05, 4.69) is 15.5 Å². The highest BCUT2D eigenvalue weighted by molar-refractivity contribution is 5.93. The summed E-state index contributed by atoms with van der Waals surface area (Å²) in [6, 6.07) is 25.2. The van der Waals surface area contributed by atoms with Gasteiger partial charge in [-0.15, -0.1) is 0 Å². The molecule has 0 aliphatic heterocycles. The van der Waals surface area contributed by atoms with E-state index in [0.29, 0.717) is 18.4 Å². The van der Waals surface area contributed by atoms with Crippen LogP contribution in [0, 0.1) is 0 Å². The first-order valence-electron chi connectivity index (χ1n) is 9.24. The molecule has 3 aromatic carbocycles. The van der Waals surface area contributed by atoms with Gasteiger partial charge < -0.3 is 10.4 Å². The minimum Gasteiger partial charge on any atom is -0.391 e. The fourth-order valence-corrected chi connectivity index (χ4v) is 3.27. The Bertz CT molecular complexity index is 1120. The van der Waals surface area contributed by atoms with Gasteiger partial charge in [-0.1, -0.05) is 60.7 Å². The number of aromatic amines is 1. The number of benzene rings is 3. The molecule has 0 amide bonds. The molecule has 0 aliphatic carbocycles. The number of aromatic nitrogens is 2. The number of hydrogen-bond donors (Lipinski definition) is 3. The lowest BCUT2D eigenvalue weighted by Gasteiger charge is -2.13. The number of fused-ring (bicyclic) bond motifs is 1. The molecule has 0 aliphatic rings. The summed E-state index contributed by atoms with van der Waals surface area (Å²) in [6.45, 7) is 0.466. The van der Waals surface area contributed by atoms with Crippen molar-refractivity contribution in [2.24, 2.45) is 0 Å². The molecule has 5 heteroatoms. The first-order chi connectivity index (χ1) is 13.7. The maximum atomic E-state index is 11.9. The predicted octanol–water partition coefficient (Wildman–Crippen LogP) is 3.61. The van der Waals surface area contributed by atoms with Crippen molar-refractivity contribution in [1.29, 1.82) is 0 Å². The summed E-state index contributed by atoms with van der Waals surface area (Å²) in [5, 5.41) is 21.7. The number of rotatable bonds is 6. The van der Waals surface area contributed by atoms with Crippen molar-refractivity contribution < 1.29 is 5.11 Å². The van der Waals surface area contributed by atoms with Crippen molar-refractivity contribution in [3.8, 4) is 11.3 Å². The number of aliphatic hydroxyl groups is 1. The molecule has 4 rings (SSSR count). The maximum absolute atomic E-state index is 11.9. The zero-order chi connectivity index (χ0) is 19.3. The fraction of sp³-hybridized carbons (Fsp3) is 0.130. The maximum Gasteiger partial charge on any atom is 0.272 e. The van der Waals surface area contributed by atoms with Crippen molar-refractivity contribution in [3.05, 3.63) is 94.8 Å². The van der Waals surface area contributed by atoms with E-state index in [-0.39, 0.29) is 5.56 Å². The molecule has 0 spiro atoms. The summed E-state index contributed by atoms with van der Waals surface area (Å²) in [5.74, 6) is 0. The zero-order valence-corrected chi connectivity index (χ0v) is 15.3. The standard InChI is InChI=1S/C23H21N3O2/c27-19(14-16-6-2-1-3-7-16)15-24-18-12-10-17(11-13-18)22-20-8-4-5-9-21(20)23(28)26-25-22/h1-13,19,24,27H,14-15H2,(H,26,28). The Balaban J connectivity index is 1.46. The van der Waals surface area contributed by atoms with Crippen LogP contribution in [0.4, 0.5) is 5.69 Å². The Morgan fingerprint density at radius 2 is 1.57 bits per heavy atom. The van der Waals surface area contributed by atoms with Crippen LogP contribution in [0.3, 0.4) is 0 Å². The summed E-state index contributed by atoms with van der Waals surface area (Å²) in [7, 11) is 0. The van der Waals surface area contributed by atoms with Gasteiger partial charge in [0.05, 0.1) is 17.2 Å². The quantitative estimate of drug-likeness (QED) is 0.484. The molecule has 0 fully saturated rings. The second-order valence-electron chi connectivity index (χ2n) is 6.75. The summed E-state index contributed by atoms with van der Waals surface area (Å²) in [4.78, 5) is 11.9. The summed E-state index contributed by atoms with van der Waals surface area (Å²) in [5.41, 5.74) is 3.51. The van der Waals surface area contributed by atoms with Gasteiger partial charge in [0.2, 0.25) is 0 Å². The third-order valence-electron chi connectivity index (χ3n) is 4.71. The molecular formula is C23H21N3O2. The molecule has 1 unspecified atom stereocenters. The van der Waals surface area contributed by atoms with Gasteiger partial charge in [0.15, 0.2) is 0 Å². The molecule has 4 aromatic rings. The van der Waals surface area contributed by atoms with E-state index < -0.39 is 6.10 Å². The molecule has 0 saturated heterocycles. The van der Waals surface area contributed by atoms with Crippen LogP contribution in [0.5, 0.6) is 0 Å². The van der Waals surface area contributed by atoms with E-state index in [4.69, 9.17) is 0 Å². The Morgan fingerprint density at radius 3 is 2.32 bits per heavy atom. The van der Waals surface area contributed by atoms with Crippen LogP contribution >= 0.6 is 0 Å². The molecule has 5 nitrogen and oxygen atoms in total. The third kappa shape index (κ3) is 3.94. The smallest absolute Gasteiger partial charge is 0.272 e. The SMILES string of the molecule is O=c1[nH]nc(-c2ccc(NCC(O)Cc3ccccc3)cc2)c2ccccc12. The van der Waals surface area contributed by atoms with Gasteiger partial charge in [0, 0.05) is 29.6 Å². The largest absolute Gasteiger partial charge is 0.391 e. The Kier molecular flexibility index (Phi) is 5.17. The number of aliphatic hydroxyl groups excluding tert-OH is 1. The van der Waals surface area contributed by atoms with E-state index in [1.165, 1.54) is 0 Å². The topological polar surface area (TPSA) is 78.0 Å². The summed E-state index contributed by atoms with van der Waals surface area (Å²) >= 11 is 0. The van der Waals surface area contributed by atoms with Crippen molar-refractivity contribution >= 4 is 16.5 Å². The van der Waals surface area contributed by atoms with Crippen LogP contribution in [-0.2, 0) is 6.42 Å². The van der Waals surface area contributed by atoms with Crippen molar-refractivity contribution in [3.63, 3.8) is 0 Å². The van der Waals surface area contributed by atoms with Crippen LogP contribution in [0.15, 0.2) is 83.7 Å². The van der Waals surface area contributed by atoms with E-state index in [9.17, 15) is 9.90 Å². The number of hydrogen-bond acceptors (Lipinski definition) is 4. The lowest BCUT2D eigenvalue weighted by Crippen LogP contribution is -2.21. The van der Waals surface area contributed by atoms with Gasteiger partial charge in [-0.2, -0.15) is 5.10 Å². The lowest BCUT2D eigenvalue weighted by molar-refractivity contribution is 0.188. The van der Waals surface area contributed by atoms with Crippen LogP contribution in [-0.4, -0.2) is 28.0 Å². The highest BCUT2D eigenvalue weighted by Gasteiger charge is 2.09.